The third-order valence-electron chi connectivity index (χ3n) is 6.01. The van der Waals surface area contributed by atoms with Crippen molar-refractivity contribution in [3.63, 3.8) is 0 Å². The maximum Gasteiger partial charge on any atom is 0.334 e. The van der Waals surface area contributed by atoms with Crippen LogP contribution in [0.4, 0.5) is 10.2 Å². The van der Waals surface area contributed by atoms with Crippen molar-refractivity contribution in [3.8, 4) is 0 Å². The summed E-state index contributed by atoms with van der Waals surface area (Å²) in [5.74, 6) is -1.34. The zero-order valence-electron chi connectivity index (χ0n) is 20.0. The second kappa shape index (κ2) is 10.9. The monoisotopic (exact) mass is 594 g/mol. The molecule has 1 fully saturated rings. The molecule has 2 aromatic heterocycles. The molecule has 1 aliphatic heterocycles. The number of aliphatic hydroxyl groups excluding tert-OH is 2. The third-order valence-corrected chi connectivity index (χ3v) is 10.9. The van der Waals surface area contributed by atoms with Gasteiger partial charge in [0, 0.05) is 12.2 Å². The molecule has 0 amide bonds. The van der Waals surface area contributed by atoms with Gasteiger partial charge in [0.15, 0.2) is 30.5 Å². The molecule has 0 bridgehead atoms. The van der Waals surface area contributed by atoms with Crippen LogP contribution in [0, 0.1) is 5.82 Å². The lowest BCUT2D eigenvalue weighted by Gasteiger charge is -2.26. The predicted molar refractivity (Wildman–Crippen MR) is 134 cm³/mol. The second-order valence-electron chi connectivity index (χ2n) is 9.01. The molecule has 14 nitrogen and oxygen atoms in total. The molecular formula is C20H26ClFN6O8P2. The molecule has 38 heavy (non-hydrogen) atoms. The zero-order chi connectivity index (χ0) is 28.0. The van der Waals surface area contributed by atoms with Crippen LogP contribution in [0.2, 0.25) is 5.28 Å². The van der Waals surface area contributed by atoms with Crippen molar-refractivity contribution in [3.05, 3.63) is 47.3 Å². The highest BCUT2D eigenvalue weighted by atomic mass is 35.5. The highest BCUT2D eigenvalue weighted by molar-refractivity contribution is 7.74. The van der Waals surface area contributed by atoms with Crippen LogP contribution in [0.25, 0.3) is 11.2 Å². The summed E-state index contributed by atoms with van der Waals surface area (Å²) >= 11 is 6.12. The van der Waals surface area contributed by atoms with E-state index in [1.54, 1.807) is 25.1 Å². The van der Waals surface area contributed by atoms with E-state index in [2.05, 4.69) is 20.3 Å². The van der Waals surface area contributed by atoms with Crippen molar-refractivity contribution < 1.29 is 43.5 Å². The molecule has 3 unspecified atom stereocenters. The molecule has 1 aliphatic rings. The molecule has 0 radical (unpaired) electrons. The molecule has 0 spiro atoms. The first-order chi connectivity index (χ1) is 17.7. The molecule has 6 N–H and O–H groups in total. The zero-order valence-corrected chi connectivity index (χ0v) is 22.6. The Balaban J connectivity index is 1.58. The third kappa shape index (κ3) is 6.07. The standard InChI is InChI=1S/C20H26ClFN6O8P2/c1-10(11-5-3-4-6-12(11)22)24-17-14-18(26-20(21)25-17)27(8-23-14)19-16(30)15(29)13(36-19)7-28(31)37(2,32)9-38(33,34)35/h3-6,8,10,13,15-16,19,29-31H,7,9H2,1-2H3,(H,24,25,26)(H2,33,34,35)/t10-,13+,15?,16?,19+,37?/m0/s1. The second-order valence-corrected chi connectivity index (χ2v) is 14.4. The Morgan fingerprint density at radius 2 is 1.92 bits per heavy atom. The number of hydrogen-bond acceptors (Lipinski definition) is 10. The molecule has 208 valence electrons. The van der Waals surface area contributed by atoms with Gasteiger partial charge in [-0.1, -0.05) is 18.2 Å². The van der Waals surface area contributed by atoms with Crippen LogP contribution in [-0.4, -0.2) is 87.0 Å². The molecule has 4 rings (SSSR count). The molecule has 18 heteroatoms. The number of imidazole rings is 1. The van der Waals surface area contributed by atoms with Crippen LogP contribution >= 0.6 is 26.5 Å². The van der Waals surface area contributed by atoms with Crippen LogP contribution in [0.3, 0.4) is 0 Å². The van der Waals surface area contributed by atoms with Crippen LogP contribution in [0.15, 0.2) is 30.6 Å². The van der Waals surface area contributed by atoms with E-state index >= 15 is 0 Å². The number of hydrogen-bond donors (Lipinski definition) is 6. The fourth-order valence-electron chi connectivity index (χ4n) is 4.14. The average Bonchev–Trinajstić information content (AvgIpc) is 3.34. The van der Waals surface area contributed by atoms with E-state index in [9.17, 15) is 28.9 Å². The summed E-state index contributed by atoms with van der Waals surface area (Å²) in [6.07, 6.45) is -4.48. The lowest BCUT2D eigenvalue weighted by molar-refractivity contribution is -0.0822. The van der Waals surface area contributed by atoms with Crippen molar-refractivity contribution >= 4 is 43.5 Å². The van der Waals surface area contributed by atoms with Gasteiger partial charge >= 0.3 is 7.60 Å². The van der Waals surface area contributed by atoms with Crippen LogP contribution < -0.4 is 5.32 Å². The first kappa shape index (κ1) is 29.0. The van der Waals surface area contributed by atoms with Crippen LogP contribution in [-0.2, 0) is 13.9 Å². The van der Waals surface area contributed by atoms with Gasteiger partial charge in [0.05, 0.1) is 18.9 Å². The van der Waals surface area contributed by atoms with Crippen molar-refractivity contribution in [2.75, 3.05) is 24.4 Å². The molecule has 0 saturated carbocycles. The van der Waals surface area contributed by atoms with Gasteiger partial charge in [-0.25, -0.2) is 9.37 Å². The molecule has 1 aromatic carbocycles. The van der Waals surface area contributed by atoms with Gasteiger partial charge < -0.3 is 39.8 Å². The SMILES string of the molecule is C[C@H](Nc1nc(Cl)nc2c1ncn2[C@@H]1O[C@H](CN(O)P(C)(=O)CP(=O)(O)O)C(O)C1O)c1ccccc1F. The summed E-state index contributed by atoms with van der Waals surface area (Å²) in [5.41, 5.74) is 0.680. The average molecular weight is 595 g/mol. The maximum atomic E-state index is 14.2. The summed E-state index contributed by atoms with van der Waals surface area (Å²) < 4.78 is 45.1. The Bertz CT molecular complexity index is 1430. The van der Waals surface area contributed by atoms with E-state index < -0.39 is 63.7 Å². The Kier molecular flexibility index (Phi) is 8.27. The van der Waals surface area contributed by atoms with Crippen molar-refractivity contribution in [2.45, 2.75) is 37.5 Å². The van der Waals surface area contributed by atoms with Gasteiger partial charge in [-0.05, 0) is 24.6 Å². The molecule has 0 aliphatic carbocycles. The molecule has 1 saturated heterocycles. The van der Waals surface area contributed by atoms with Crippen LogP contribution in [0.1, 0.15) is 24.8 Å². The van der Waals surface area contributed by atoms with Crippen LogP contribution in [0.5, 0.6) is 0 Å². The van der Waals surface area contributed by atoms with E-state index in [1.165, 1.54) is 17.0 Å². The van der Waals surface area contributed by atoms with E-state index in [0.717, 1.165) is 6.66 Å². The minimum Gasteiger partial charge on any atom is -0.387 e. The number of hydroxylamine groups is 1. The summed E-state index contributed by atoms with van der Waals surface area (Å²) in [5, 5.41) is 34.3. The van der Waals surface area contributed by atoms with E-state index in [1.807, 2.05) is 0 Å². The minimum atomic E-state index is -4.72. The number of benzene rings is 1. The van der Waals surface area contributed by atoms with E-state index in [-0.39, 0.29) is 27.1 Å². The summed E-state index contributed by atoms with van der Waals surface area (Å²) in [4.78, 5) is 31.0. The van der Waals surface area contributed by atoms with E-state index in [0.29, 0.717) is 5.56 Å². The summed E-state index contributed by atoms with van der Waals surface area (Å²) in [6, 6.07) is 5.64. The highest BCUT2D eigenvalue weighted by Gasteiger charge is 2.46. The Morgan fingerprint density at radius 3 is 2.58 bits per heavy atom. The summed E-state index contributed by atoms with van der Waals surface area (Å²) in [6.45, 7) is 2.06. The van der Waals surface area contributed by atoms with Gasteiger partial charge in [0.1, 0.15) is 30.0 Å². The maximum absolute atomic E-state index is 14.2. The Labute approximate surface area is 220 Å². The fourth-order valence-corrected chi connectivity index (χ4v) is 8.13. The number of aromatic nitrogens is 4. The van der Waals surface area contributed by atoms with Gasteiger partial charge in [-0.3, -0.25) is 9.13 Å². The van der Waals surface area contributed by atoms with E-state index in [4.69, 9.17) is 26.1 Å². The van der Waals surface area contributed by atoms with Gasteiger partial charge in [0.2, 0.25) is 5.28 Å². The van der Waals surface area contributed by atoms with Crippen molar-refractivity contribution in [1.82, 2.24) is 24.4 Å². The predicted octanol–water partition coefficient (Wildman–Crippen LogP) is 2.15. The first-order valence-corrected chi connectivity index (χ1v) is 15.7. The summed E-state index contributed by atoms with van der Waals surface area (Å²) in [7, 11) is -8.64. The number of rotatable bonds is 9. The molecule has 3 aromatic rings. The van der Waals surface area contributed by atoms with Gasteiger partial charge in [-0.2, -0.15) is 9.97 Å². The Morgan fingerprint density at radius 1 is 1.24 bits per heavy atom. The minimum absolute atomic E-state index is 0.105. The lowest BCUT2D eigenvalue weighted by atomic mass is 10.1. The number of halogens is 2. The Hall–Kier alpha value is -2.03. The quantitative estimate of drug-likeness (QED) is 0.120. The topological polar surface area (TPSA) is 203 Å². The molecule has 6 atom stereocenters. The first-order valence-electron chi connectivity index (χ1n) is 11.2. The number of aliphatic hydroxyl groups is 2. The molecular weight excluding hydrogens is 569 g/mol. The number of ether oxygens (including phenoxy) is 1. The number of fused-ring (bicyclic) bond motifs is 1. The molecule has 3 heterocycles. The largest absolute Gasteiger partial charge is 0.387 e. The van der Waals surface area contributed by atoms with Gasteiger partial charge in [-0.15, -0.1) is 4.83 Å². The number of anilines is 1. The smallest absolute Gasteiger partial charge is 0.334 e. The number of nitrogens with zero attached hydrogens (tertiary/aromatic N) is 5. The van der Waals surface area contributed by atoms with Gasteiger partial charge in [0.25, 0.3) is 0 Å². The van der Waals surface area contributed by atoms with Crippen molar-refractivity contribution in [2.24, 2.45) is 0 Å². The lowest BCUT2D eigenvalue weighted by Crippen LogP contribution is -2.38. The van der Waals surface area contributed by atoms with Crippen molar-refractivity contribution in [1.29, 1.82) is 0 Å². The highest BCUT2D eigenvalue weighted by Crippen LogP contribution is 2.56. The normalized spacial score (nSPS) is 24.6. The fraction of sp³-hybridized carbons (Fsp3) is 0.450. The number of nitrogens with one attached hydrogen (secondary N) is 1.